The summed E-state index contributed by atoms with van der Waals surface area (Å²) < 4.78 is 0. The summed E-state index contributed by atoms with van der Waals surface area (Å²) in [5, 5.41) is 2.92. The number of hydrogen-bond donors (Lipinski definition) is 2. The fraction of sp³-hybridized carbons (Fsp3) is 0.0952. The Morgan fingerprint density at radius 1 is 1.00 bits per heavy atom. The highest BCUT2D eigenvalue weighted by atomic mass is 32.2. The highest BCUT2D eigenvalue weighted by Crippen LogP contribution is 2.19. The summed E-state index contributed by atoms with van der Waals surface area (Å²) in [6, 6.07) is 21.3. The average Bonchev–Trinajstić information content (AvgIpc) is 3.17. The van der Waals surface area contributed by atoms with Gasteiger partial charge in [-0.25, -0.2) is 9.97 Å². The Kier molecular flexibility index (Phi) is 4.89. The molecule has 5 nitrogen and oxygen atoms in total. The number of nitrogens with one attached hydrogen (secondary N) is 2. The number of thioether (sulfide) groups is 1. The second-order valence-corrected chi connectivity index (χ2v) is 6.92. The van der Waals surface area contributed by atoms with Gasteiger partial charge in [0.05, 0.1) is 11.0 Å². The number of hydrogen-bond acceptors (Lipinski definition) is 4. The molecule has 0 atom stereocenters. The number of rotatable bonds is 5. The van der Waals surface area contributed by atoms with E-state index in [4.69, 9.17) is 0 Å². The Bertz CT molecular complexity index is 1060. The second kappa shape index (κ2) is 7.63. The first-order chi connectivity index (χ1) is 13.2. The lowest BCUT2D eigenvalue weighted by Crippen LogP contribution is -2.23. The van der Waals surface area contributed by atoms with Crippen LogP contribution in [0.4, 0.5) is 0 Å². The summed E-state index contributed by atoms with van der Waals surface area (Å²) in [5.41, 5.74) is 3.88. The van der Waals surface area contributed by atoms with E-state index in [1.54, 1.807) is 17.8 Å². The highest BCUT2D eigenvalue weighted by Gasteiger charge is 2.11. The quantitative estimate of drug-likeness (QED) is 0.512. The molecule has 0 unspecified atom stereocenters. The van der Waals surface area contributed by atoms with Crippen LogP contribution >= 0.6 is 11.8 Å². The van der Waals surface area contributed by atoms with E-state index >= 15 is 0 Å². The van der Waals surface area contributed by atoms with Crippen LogP contribution in [0, 0.1) is 0 Å². The lowest BCUT2D eigenvalue weighted by Gasteiger charge is -2.06. The highest BCUT2D eigenvalue weighted by molar-refractivity contribution is 7.98. The van der Waals surface area contributed by atoms with Crippen molar-refractivity contribution in [2.24, 2.45) is 0 Å². The molecule has 1 amide bonds. The summed E-state index contributed by atoms with van der Waals surface area (Å²) >= 11 is 1.69. The first kappa shape index (κ1) is 17.3. The Balaban J connectivity index is 1.50. The molecule has 0 aliphatic rings. The van der Waals surface area contributed by atoms with Gasteiger partial charge < -0.3 is 10.3 Å². The Morgan fingerprint density at radius 2 is 1.81 bits per heavy atom. The van der Waals surface area contributed by atoms with E-state index in [9.17, 15) is 4.79 Å². The van der Waals surface area contributed by atoms with Gasteiger partial charge in [0.2, 0.25) is 0 Å². The van der Waals surface area contributed by atoms with E-state index in [-0.39, 0.29) is 5.91 Å². The lowest BCUT2D eigenvalue weighted by molar-refractivity contribution is 0.0946. The Labute approximate surface area is 161 Å². The maximum absolute atomic E-state index is 12.5. The van der Waals surface area contributed by atoms with Gasteiger partial charge in [0, 0.05) is 11.4 Å². The number of aromatic amines is 1. The summed E-state index contributed by atoms with van der Waals surface area (Å²) in [5.74, 6) is 0.445. The van der Waals surface area contributed by atoms with Crippen molar-refractivity contribution in [3.63, 3.8) is 0 Å². The van der Waals surface area contributed by atoms with Crippen molar-refractivity contribution in [2.45, 2.75) is 11.4 Å². The third-order valence-electron chi connectivity index (χ3n) is 4.23. The van der Waals surface area contributed by atoms with Gasteiger partial charge in [0.1, 0.15) is 11.4 Å². The molecule has 0 radical (unpaired) electrons. The molecule has 2 heterocycles. The molecule has 6 heteroatoms. The number of amides is 1. The molecule has 2 aromatic carbocycles. The minimum absolute atomic E-state index is 0.207. The molecule has 0 fully saturated rings. The summed E-state index contributed by atoms with van der Waals surface area (Å²) in [6.07, 6.45) is 2.04. The number of aromatic nitrogens is 3. The minimum Gasteiger partial charge on any atom is -0.347 e. The summed E-state index contributed by atoms with van der Waals surface area (Å²) in [6.45, 7) is 0.462. The average molecular weight is 374 g/mol. The molecule has 4 aromatic rings. The predicted octanol–water partition coefficient (Wildman–Crippen LogP) is 4.28. The second-order valence-electron chi connectivity index (χ2n) is 6.04. The topological polar surface area (TPSA) is 70.7 Å². The van der Waals surface area contributed by atoms with Crippen molar-refractivity contribution >= 4 is 28.7 Å². The van der Waals surface area contributed by atoms with Crippen LogP contribution in [0.2, 0.25) is 0 Å². The van der Waals surface area contributed by atoms with Gasteiger partial charge in [0.25, 0.3) is 5.91 Å². The molecule has 2 aromatic heterocycles. The number of H-pyrrole nitrogens is 1. The molecule has 2 N–H and O–H groups in total. The molecule has 0 aliphatic carbocycles. The van der Waals surface area contributed by atoms with Gasteiger partial charge in [-0.2, -0.15) is 0 Å². The number of carbonyl (C=O) groups excluding carboxylic acids is 1. The predicted molar refractivity (Wildman–Crippen MR) is 109 cm³/mol. The van der Waals surface area contributed by atoms with Gasteiger partial charge in [-0.05, 0) is 48.2 Å². The smallest absolute Gasteiger partial charge is 0.270 e. The summed E-state index contributed by atoms with van der Waals surface area (Å²) in [4.78, 5) is 25.9. The minimum atomic E-state index is -0.207. The maximum atomic E-state index is 12.5. The lowest BCUT2D eigenvalue weighted by atomic mass is 10.2. The zero-order valence-electron chi connectivity index (χ0n) is 14.8. The Morgan fingerprint density at radius 3 is 2.59 bits per heavy atom. The summed E-state index contributed by atoms with van der Waals surface area (Å²) in [7, 11) is 0. The number of benzene rings is 2. The van der Waals surface area contributed by atoms with Crippen LogP contribution in [-0.4, -0.2) is 27.1 Å². The number of carbonyl (C=O) groups is 1. The van der Waals surface area contributed by atoms with Gasteiger partial charge >= 0.3 is 0 Å². The van der Waals surface area contributed by atoms with Crippen molar-refractivity contribution in [3.8, 4) is 11.5 Å². The largest absolute Gasteiger partial charge is 0.347 e. The Hall–Kier alpha value is -3.12. The fourth-order valence-electron chi connectivity index (χ4n) is 2.78. The molecule has 0 spiro atoms. The van der Waals surface area contributed by atoms with Crippen LogP contribution in [0.3, 0.4) is 0 Å². The van der Waals surface area contributed by atoms with E-state index in [0.717, 1.165) is 16.6 Å². The van der Waals surface area contributed by atoms with E-state index < -0.39 is 0 Å². The van der Waals surface area contributed by atoms with Crippen LogP contribution in [0.1, 0.15) is 16.1 Å². The third kappa shape index (κ3) is 3.85. The number of fused-ring (bicyclic) bond motifs is 1. The van der Waals surface area contributed by atoms with Crippen LogP contribution in [0.5, 0.6) is 0 Å². The monoisotopic (exact) mass is 374 g/mol. The molecule has 0 bridgehead atoms. The SMILES string of the molecule is CSc1ccc(CNC(=O)c2cccc(-c3nc4ccccc4[nH]3)n2)cc1. The van der Waals surface area contributed by atoms with Crippen molar-refractivity contribution in [3.05, 3.63) is 78.0 Å². The molecule has 0 aliphatic heterocycles. The van der Waals surface area contributed by atoms with Crippen molar-refractivity contribution < 1.29 is 4.79 Å². The van der Waals surface area contributed by atoms with Crippen LogP contribution in [0.15, 0.2) is 71.6 Å². The fourth-order valence-corrected chi connectivity index (χ4v) is 3.19. The number of imidazole rings is 1. The van der Waals surface area contributed by atoms with E-state index in [1.807, 2.05) is 66.9 Å². The van der Waals surface area contributed by atoms with Gasteiger partial charge in [0.15, 0.2) is 5.82 Å². The van der Waals surface area contributed by atoms with Crippen LogP contribution < -0.4 is 5.32 Å². The molecular formula is C21H18N4OS. The van der Waals surface area contributed by atoms with Crippen molar-refractivity contribution in [1.29, 1.82) is 0 Å². The zero-order chi connectivity index (χ0) is 18.6. The zero-order valence-corrected chi connectivity index (χ0v) is 15.6. The van der Waals surface area contributed by atoms with E-state index in [0.29, 0.717) is 23.8 Å². The van der Waals surface area contributed by atoms with Crippen LogP contribution in [-0.2, 0) is 6.54 Å². The first-order valence-electron chi connectivity index (χ1n) is 8.56. The molecule has 4 rings (SSSR count). The maximum Gasteiger partial charge on any atom is 0.270 e. The standard InChI is InChI=1S/C21H18N4OS/c1-27-15-11-9-14(10-12-15)13-22-21(26)19-8-4-7-18(23-19)20-24-16-5-2-3-6-17(16)25-20/h2-12H,13H2,1H3,(H,22,26)(H,24,25). The van der Waals surface area contributed by atoms with Crippen molar-refractivity contribution in [1.82, 2.24) is 20.3 Å². The van der Waals surface area contributed by atoms with Crippen LogP contribution in [0.25, 0.3) is 22.6 Å². The molecular weight excluding hydrogens is 356 g/mol. The number of pyridine rings is 1. The van der Waals surface area contributed by atoms with E-state index in [2.05, 4.69) is 20.3 Å². The van der Waals surface area contributed by atoms with Gasteiger partial charge in [-0.15, -0.1) is 11.8 Å². The number of nitrogens with zero attached hydrogens (tertiary/aromatic N) is 2. The normalized spacial score (nSPS) is 10.9. The molecule has 27 heavy (non-hydrogen) atoms. The molecule has 0 saturated carbocycles. The number of para-hydroxylation sites is 2. The van der Waals surface area contributed by atoms with Gasteiger partial charge in [-0.1, -0.05) is 30.3 Å². The van der Waals surface area contributed by atoms with Crippen molar-refractivity contribution in [2.75, 3.05) is 6.26 Å². The van der Waals surface area contributed by atoms with Gasteiger partial charge in [-0.3, -0.25) is 4.79 Å². The van der Waals surface area contributed by atoms with E-state index in [1.165, 1.54) is 4.90 Å². The third-order valence-corrected chi connectivity index (χ3v) is 4.97. The molecule has 0 saturated heterocycles. The molecule has 134 valence electrons. The first-order valence-corrected chi connectivity index (χ1v) is 9.79.